The maximum absolute atomic E-state index is 11.9. The molecular weight excluding hydrogens is 446 g/mol. The Kier molecular flexibility index (Phi) is 6.89. The zero-order chi connectivity index (χ0) is 19.9. The van der Waals surface area contributed by atoms with E-state index in [-0.39, 0.29) is 13.2 Å². The minimum atomic E-state index is -0.455. The van der Waals surface area contributed by atoms with Gasteiger partial charge in [0, 0.05) is 15.4 Å². The van der Waals surface area contributed by atoms with Gasteiger partial charge in [-0.1, -0.05) is 15.9 Å². The summed E-state index contributed by atoms with van der Waals surface area (Å²) in [5, 5.41) is 2.66. The molecule has 0 radical (unpaired) electrons. The Bertz CT molecular complexity index is 942. The van der Waals surface area contributed by atoms with E-state index in [9.17, 15) is 4.79 Å². The highest BCUT2D eigenvalue weighted by atomic mass is 79.9. The van der Waals surface area contributed by atoms with Crippen molar-refractivity contribution in [3.05, 3.63) is 58.0 Å². The van der Waals surface area contributed by atoms with E-state index in [4.69, 9.17) is 18.9 Å². The smallest absolute Gasteiger partial charge is 0.344 e. The minimum absolute atomic E-state index is 0.0896. The van der Waals surface area contributed by atoms with E-state index in [0.717, 1.165) is 15.0 Å². The molecule has 0 aliphatic rings. The largest absolute Gasteiger partial charge is 0.493 e. The fraction of sp³-hybridized carbons (Fsp3) is 0.200. The van der Waals surface area contributed by atoms with E-state index >= 15 is 0 Å². The van der Waals surface area contributed by atoms with Crippen molar-refractivity contribution in [1.29, 1.82) is 0 Å². The number of nitrogens with zero attached hydrogens (tertiary/aromatic N) is 1. The molecule has 0 saturated heterocycles. The van der Waals surface area contributed by atoms with Gasteiger partial charge in [0.25, 0.3) is 0 Å². The number of benzene rings is 2. The lowest BCUT2D eigenvalue weighted by Crippen LogP contribution is -2.14. The first-order valence-electron chi connectivity index (χ1n) is 8.30. The summed E-state index contributed by atoms with van der Waals surface area (Å²) in [4.78, 5) is 16.4. The Morgan fingerprint density at radius 1 is 1.07 bits per heavy atom. The number of ether oxygens (including phenoxy) is 4. The molecule has 0 N–H and O–H groups in total. The Labute approximate surface area is 175 Å². The summed E-state index contributed by atoms with van der Waals surface area (Å²) in [6.45, 7) is -0.0688. The summed E-state index contributed by atoms with van der Waals surface area (Å²) >= 11 is 4.81. The number of carbonyl (C=O) groups excluding carboxylic acids is 1. The van der Waals surface area contributed by atoms with Gasteiger partial charge in [-0.25, -0.2) is 9.78 Å². The zero-order valence-electron chi connectivity index (χ0n) is 15.3. The molecule has 0 unspecified atom stereocenters. The summed E-state index contributed by atoms with van der Waals surface area (Å²) < 4.78 is 22.1. The molecule has 0 bridgehead atoms. The van der Waals surface area contributed by atoms with Crippen LogP contribution in [0.4, 0.5) is 0 Å². The first-order chi connectivity index (χ1) is 13.6. The van der Waals surface area contributed by atoms with E-state index in [0.29, 0.717) is 22.9 Å². The second kappa shape index (κ2) is 9.57. The van der Waals surface area contributed by atoms with Crippen LogP contribution in [0.3, 0.4) is 0 Å². The molecule has 0 saturated carbocycles. The first kappa shape index (κ1) is 20.2. The molecule has 1 heterocycles. The van der Waals surface area contributed by atoms with Gasteiger partial charge in [0.15, 0.2) is 18.1 Å². The lowest BCUT2D eigenvalue weighted by Gasteiger charge is -2.08. The normalized spacial score (nSPS) is 10.4. The van der Waals surface area contributed by atoms with Crippen molar-refractivity contribution in [1.82, 2.24) is 4.98 Å². The average molecular weight is 464 g/mol. The highest BCUT2D eigenvalue weighted by Gasteiger charge is 2.11. The van der Waals surface area contributed by atoms with Gasteiger partial charge < -0.3 is 18.9 Å². The van der Waals surface area contributed by atoms with Crippen LogP contribution >= 0.6 is 27.3 Å². The monoisotopic (exact) mass is 463 g/mol. The minimum Gasteiger partial charge on any atom is -0.493 e. The Balaban J connectivity index is 1.54. The summed E-state index contributed by atoms with van der Waals surface area (Å²) in [5.41, 5.74) is 1.57. The third-order valence-corrected chi connectivity index (χ3v) is 5.20. The van der Waals surface area contributed by atoms with Gasteiger partial charge >= 0.3 is 5.97 Å². The number of halogens is 1. The third-order valence-electron chi connectivity index (χ3n) is 3.73. The number of methoxy groups -OCH3 is 2. The van der Waals surface area contributed by atoms with Crippen LogP contribution in [-0.2, 0) is 16.1 Å². The molecule has 146 valence electrons. The van der Waals surface area contributed by atoms with Crippen LogP contribution in [0.1, 0.15) is 5.69 Å². The van der Waals surface area contributed by atoms with Crippen LogP contribution in [0, 0.1) is 0 Å². The van der Waals surface area contributed by atoms with Crippen molar-refractivity contribution in [2.75, 3.05) is 20.8 Å². The fourth-order valence-corrected chi connectivity index (χ4v) is 3.41. The molecule has 6 nitrogen and oxygen atoms in total. The lowest BCUT2D eigenvalue weighted by atomic mass is 10.2. The van der Waals surface area contributed by atoms with Crippen LogP contribution in [-0.4, -0.2) is 31.8 Å². The van der Waals surface area contributed by atoms with Gasteiger partial charge in [0.1, 0.15) is 17.4 Å². The number of hydrogen-bond acceptors (Lipinski definition) is 7. The number of hydrogen-bond donors (Lipinski definition) is 0. The zero-order valence-corrected chi connectivity index (χ0v) is 17.7. The van der Waals surface area contributed by atoms with Crippen molar-refractivity contribution in [3.8, 4) is 27.8 Å². The molecule has 3 aromatic rings. The molecule has 0 atom stereocenters. The van der Waals surface area contributed by atoms with E-state index in [1.807, 2.05) is 35.7 Å². The maximum atomic E-state index is 11.9. The first-order valence-corrected chi connectivity index (χ1v) is 9.97. The summed E-state index contributed by atoms with van der Waals surface area (Å²) in [6.07, 6.45) is 0. The van der Waals surface area contributed by atoms with Crippen molar-refractivity contribution in [2.45, 2.75) is 6.61 Å². The van der Waals surface area contributed by atoms with Gasteiger partial charge in [0.05, 0.1) is 19.9 Å². The molecule has 2 aromatic carbocycles. The predicted octanol–water partition coefficient (Wildman–Crippen LogP) is 4.71. The van der Waals surface area contributed by atoms with Crippen LogP contribution in [0.15, 0.2) is 52.3 Å². The van der Waals surface area contributed by atoms with Crippen molar-refractivity contribution >= 4 is 33.2 Å². The van der Waals surface area contributed by atoms with Crippen LogP contribution in [0.5, 0.6) is 17.2 Å². The van der Waals surface area contributed by atoms with E-state index in [1.165, 1.54) is 11.3 Å². The van der Waals surface area contributed by atoms with Gasteiger partial charge in [-0.2, -0.15) is 0 Å². The molecule has 3 rings (SSSR count). The molecule has 0 amide bonds. The van der Waals surface area contributed by atoms with Gasteiger partial charge in [0.2, 0.25) is 0 Å². The molecule has 0 aliphatic carbocycles. The third kappa shape index (κ3) is 5.24. The number of aromatic nitrogens is 1. The highest BCUT2D eigenvalue weighted by molar-refractivity contribution is 9.10. The summed E-state index contributed by atoms with van der Waals surface area (Å²) in [7, 11) is 3.18. The summed E-state index contributed by atoms with van der Waals surface area (Å²) in [5.74, 6) is 1.43. The number of carbonyl (C=O) groups is 1. The number of rotatable bonds is 8. The lowest BCUT2D eigenvalue weighted by molar-refractivity contribution is -0.147. The van der Waals surface area contributed by atoms with Crippen LogP contribution in [0.2, 0.25) is 0 Å². The number of esters is 1. The topological polar surface area (TPSA) is 66.9 Å². The molecule has 8 heteroatoms. The van der Waals surface area contributed by atoms with Crippen LogP contribution in [0.25, 0.3) is 10.6 Å². The maximum Gasteiger partial charge on any atom is 0.344 e. The van der Waals surface area contributed by atoms with E-state index < -0.39 is 5.97 Å². The predicted molar refractivity (Wildman–Crippen MR) is 110 cm³/mol. The molecule has 0 fully saturated rings. The van der Waals surface area contributed by atoms with Crippen molar-refractivity contribution in [2.24, 2.45) is 0 Å². The Morgan fingerprint density at radius 2 is 1.82 bits per heavy atom. The van der Waals surface area contributed by atoms with Gasteiger partial charge in [-0.05, 0) is 42.5 Å². The van der Waals surface area contributed by atoms with E-state index in [2.05, 4.69) is 20.9 Å². The molecule has 28 heavy (non-hydrogen) atoms. The molecular formula is C20H18BrNO5S. The second-order valence-electron chi connectivity index (χ2n) is 5.62. The fourth-order valence-electron chi connectivity index (χ4n) is 2.34. The van der Waals surface area contributed by atoms with Gasteiger partial charge in [-0.3, -0.25) is 0 Å². The molecule has 0 spiro atoms. The second-order valence-corrected chi connectivity index (χ2v) is 7.39. The molecule has 0 aliphatic heterocycles. The Hall–Kier alpha value is -2.58. The van der Waals surface area contributed by atoms with Crippen LogP contribution < -0.4 is 14.2 Å². The summed E-state index contributed by atoms with van der Waals surface area (Å²) in [6, 6.07) is 12.8. The quantitative estimate of drug-likeness (QED) is 0.450. The Morgan fingerprint density at radius 3 is 2.54 bits per heavy atom. The standard InChI is InChI=1S/C20H18BrNO5S/c1-24-17-8-3-13(9-18(17)25-2)20-22-15(12-28-20)10-27-19(23)11-26-16-6-4-14(21)5-7-16/h3-9,12H,10-11H2,1-2H3. The average Bonchev–Trinajstić information content (AvgIpc) is 3.20. The van der Waals surface area contributed by atoms with Gasteiger partial charge in [-0.15, -0.1) is 11.3 Å². The van der Waals surface area contributed by atoms with Crippen molar-refractivity contribution < 1.29 is 23.7 Å². The SMILES string of the molecule is COc1ccc(-c2nc(COC(=O)COc3ccc(Br)cc3)cs2)cc1OC. The van der Waals surface area contributed by atoms with Crippen molar-refractivity contribution in [3.63, 3.8) is 0 Å². The highest BCUT2D eigenvalue weighted by Crippen LogP contribution is 2.33. The molecule has 1 aromatic heterocycles. The number of thiazole rings is 1. The van der Waals surface area contributed by atoms with E-state index in [1.54, 1.807) is 26.4 Å².